The van der Waals surface area contributed by atoms with Gasteiger partial charge >= 0.3 is 5.97 Å². The van der Waals surface area contributed by atoms with Crippen LogP contribution >= 0.6 is 11.6 Å². The number of carbonyl (C=O) groups is 2. The number of anilines is 2. The number of amides is 1. The predicted molar refractivity (Wildman–Crippen MR) is 81.2 cm³/mol. The minimum atomic E-state index is -0.652. The average molecular weight is 323 g/mol. The van der Waals surface area contributed by atoms with Crippen LogP contribution in [-0.2, 0) is 9.53 Å². The third-order valence-electron chi connectivity index (χ3n) is 2.69. The van der Waals surface area contributed by atoms with Gasteiger partial charge in [0.1, 0.15) is 5.82 Å². The van der Waals surface area contributed by atoms with Crippen LogP contribution in [0.3, 0.4) is 0 Å². The monoisotopic (exact) mass is 322 g/mol. The van der Waals surface area contributed by atoms with Gasteiger partial charge in [0, 0.05) is 5.69 Å². The van der Waals surface area contributed by atoms with E-state index in [4.69, 9.17) is 22.1 Å². The number of hydrogen-bond acceptors (Lipinski definition) is 4. The van der Waals surface area contributed by atoms with Crippen molar-refractivity contribution in [3.05, 3.63) is 58.9 Å². The van der Waals surface area contributed by atoms with E-state index in [0.717, 1.165) is 12.1 Å². The van der Waals surface area contributed by atoms with Crippen LogP contribution in [0.5, 0.6) is 0 Å². The fourth-order valence-corrected chi connectivity index (χ4v) is 1.83. The highest BCUT2D eigenvalue weighted by molar-refractivity contribution is 6.33. The second-order valence-corrected chi connectivity index (χ2v) is 4.78. The Labute approximate surface area is 130 Å². The number of esters is 1. The SMILES string of the molecule is Nc1ccc(C(=O)OCC(=O)Nc2ccc(F)cc2Cl)cc1. The Kier molecular flexibility index (Phi) is 4.95. The van der Waals surface area contributed by atoms with Crippen molar-refractivity contribution in [2.45, 2.75) is 0 Å². The van der Waals surface area contributed by atoms with E-state index in [1.54, 1.807) is 12.1 Å². The number of nitrogen functional groups attached to an aromatic ring is 1. The fourth-order valence-electron chi connectivity index (χ4n) is 1.61. The summed E-state index contributed by atoms with van der Waals surface area (Å²) in [6, 6.07) is 9.62. The zero-order chi connectivity index (χ0) is 16.1. The summed E-state index contributed by atoms with van der Waals surface area (Å²) in [5.74, 6) is -1.75. The van der Waals surface area contributed by atoms with Crippen molar-refractivity contribution in [2.24, 2.45) is 0 Å². The number of nitrogens with one attached hydrogen (secondary N) is 1. The Morgan fingerprint density at radius 1 is 1.18 bits per heavy atom. The summed E-state index contributed by atoms with van der Waals surface area (Å²) >= 11 is 5.77. The molecule has 1 amide bonds. The molecule has 0 saturated carbocycles. The van der Waals surface area contributed by atoms with Crippen LogP contribution in [-0.4, -0.2) is 18.5 Å². The Hall–Kier alpha value is -2.60. The van der Waals surface area contributed by atoms with Crippen LogP contribution < -0.4 is 11.1 Å². The van der Waals surface area contributed by atoms with E-state index >= 15 is 0 Å². The van der Waals surface area contributed by atoms with Crippen molar-refractivity contribution in [2.75, 3.05) is 17.7 Å². The van der Waals surface area contributed by atoms with Gasteiger partial charge in [-0.3, -0.25) is 4.79 Å². The van der Waals surface area contributed by atoms with Gasteiger partial charge in [-0.05, 0) is 42.5 Å². The molecule has 0 saturated heterocycles. The lowest BCUT2D eigenvalue weighted by Crippen LogP contribution is -2.21. The van der Waals surface area contributed by atoms with E-state index in [1.165, 1.54) is 18.2 Å². The molecule has 0 spiro atoms. The molecule has 114 valence electrons. The zero-order valence-corrected chi connectivity index (χ0v) is 12.1. The van der Waals surface area contributed by atoms with Crippen LogP contribution in [0, 0.1) is 5.82 Å². The third-order valence-corrected chi connectivity index (χ3v) is 3.00. The summed E-state index contributed by atoms with van der Waals surface area (Å²) in [6.07, 6.45) is 0. The minimum Gasteiger partial charge on any atom is -0.452 e. The molecule has 2 aromatic carbocycles. The maximum Gasteiger partial charge on any atom is 0.338 e. The lowest BCUT2D eigenvalue weighted by Gasteiger charge is -2.08. The maximum absolute atomic E-state index is 12.9. The molecule has 3 N–H and O–H groups in total. The Bertz CT molecular complexity index is 704. The Morgan fingerprint density at radius 2 is 1.86 bits per heavy atom. The van der Waals surface area contributed by atoms with Crippen molar-refractivity contribution in [3.8, 4) is 0 Å². The van der Waals surface area contributed by atoms with Gasteiger partial charge in [-0.2, -0.15) is 0 Å². The number of rotatable bonds is 4. The van der Waals surface area contributed by atoms with Gasteiger partial charge in [-0.25, -0.2) is 9.18 Å². The number of carbonyl (C=O) groups excluding carboxylic acids is 2. The number of halogens is 2. The second-order valence-electron chi connectivity index (χ2n) is 4.37. The first-order valence-electron chi connectivity index (χ1n) is 6.23. The van der Waals surface area contributed by atoms with Crippen LogP contribution in [0.25, 0.3) is 0 Å². The molecule has 0 fully saturated rings. The number of ether oxygens (including phenoxy) is 1. The van der Waals surface area contributed by atoms with Crippen LogP contribution in [0.2, 0.25) is 5.02 Å². The topological polar surface area (TPSA) is 81.4 Å². The van der Waals surface area contributed by atoms with E-state index in [1.807, 2.05) is 0 Å². The van der Waals surface area contributed by atoms with Gasteiger partial charge in [-0.15, -0.1) is 0 Å². The highest BCUT2D eigenvalue weighted by Crippen LogP contribution is 2.22. The lowest BCUT2D eigenvalue weighted by molar-refractivity contribution is -0.119. The minimum absolute atomic E-state index is 0.0539. The second kappa shape index (κ2) is 6.91. The van der Waals surface area contributed by atoms with Gasteiger partial charge < -0.3 is 15.8 Å². The number of nitrogens with two attached hydrogens (primary N) is 1. The number of hydrogen-bond donors (Lipinski definition) is 2. The predicted octanol–water partition coefficient (Wildman–Crippen LogP) is 2.86. The molecule has 7 heteroatoms. The third kappa shape index (κ3) is 4.20. The van der Waals surface area contributed by atoms with Crippen molar-refractivity contribution < 1.29 is 18.7 Å². The van der Waals surface area contributed by atoms with Crippen LogP contribution in [0.1, 0.15) is 10.4 Å². The summed E-state index contributed by atoms with van der Waals surface area (Å²) in [6.45, 7) is -0.489. The van der Waals surface area contributed by atoms with Crippen LogP contribution in [0.15, 0.2) is 42.5 Å². The molecule has 0 atom stereocenters. The zero-order valence-electron chi connectivity index (χ0n) is 11.3. The standard InChI is InChI=1S/C15H12ClFN2O3/c16-12-7-10(17)3-6-13(12)19-14(20)8-22-15(21)9-1-4-11(18)5-2-9/h1-7H,8,18H2,(H,19,20). The van der Waals surface area contributed by atoms with Gasteiger partial charge in [0.25, 0.3) is 5.91 Å². The summed E-state index contributed by atoms with van der Waals surface area (Å²) < 4.78 is 17.7. The van der Waals surface area contributed by atoms with Crippen molar-refractivity contribution in [3.63, 3.8) is 0 Å². The lowest BCUT2D eigenvalue weighted by atomic mass is 10.2. The van der Waals surface area contributed by atoms with Gasteiger partial charge in [0.05, 0.1) is 16.3 Å². The molecule has 0 aliphatic rings. The Morgan fingerprint density at radius 3 is 2.50 bits per heavy atom. The first-order chi connectivity index (χ1) is 10.5. The maximum atomic E-state index is 12.9. The van der Waals surface area contributed by atoms with E-state index in [0.29, 0.717) is 5.69 Å². The van der Waals surface area contributed by atoms with Crippen molar-refractivity contribution in [1.82, 2.24) is 0 Å². The highest BCUT2D eigenvalue weighted by atomic mass is 35.5. The van der Waals surface area contributed by atoms with E-state index < -0.39 is 24.3 Å². The summed E-state index contributed by atoms with van der Waals surface area (Å²) in [5.41, 5.74) is 6.53. The molecular weight excluding hydrogens is 311 g/mol. The normalized spacial score (nSPS) is 10.1. The summed E-state index contributed by atoms with van der Waals surface area (Å²) in [5, 5.41) is 2.47. The van der Waals surface area contributed by atoms with E-state index in [-0.39, 0.29) is 16.3 Å². The Balaban J connectivity index is 1.89. The quantitative estimate of drug-likeness (QED) is 0.670. The van der Waals surface area contributed by atoms with E-state index in [9.17, 15) is 14.0 Å². The first-order valence-corrected chi connectivity index (χ1v) is 6.61. The number of benzene rings is 2. The van der Waals surface area contributed by atoms with Gasteiger partial charge in [0.15, 0.2) is 6.61 Å². The molecule has 5 nitrogen and oxygen atoms in total. The molecule has 0 bridgehead atoms. The van der Waals surface area contributed by atoms with Gasteiger partial charge in [0.2, 0.25) is 0 Å². The summed E-state index contributed by atoms with van der Waals surface area (Å²) in [7, 11) is 0. The molecule has 2 aromatic rings. The highest BCUT2D eigenvalue weighted by Gasteiger charge is 2.11. The van der Waals surface area contributed by atoms with Gasteiger partial charge in [-0.1, -0.05) is 11.6 Å². The summed E-state index contributed by atoms with van der Waals surface area (Å²) in [4.78, 5) is 23.4. The molecule has 0 aliphatic carbocycles. The average Bonchev–Trinajstić information content (AvgIpc) is 2.48. The molecule has 0 heterocycles. The van der Waals surface area contributed by atoms with Crippen molar-refractivity contribution in [1.29, 1.82) is 0 Å². The first kappa shape index (κ1) is 15.8. The van der Waals surface area contributed by atoms with E-state index in [2.05, 4.69) is 5.32 Å². The van der Waals surface area contributed by atoms with Crippen LogP contribution in [0.4, 0.5) is 15.8 Å². The molecule has 0 aliphatic heterocycles. The molecule has 0 unspecified atom stereocenters. The smallest absolute Gasteiger partial charge is 0.338 e. The molecule has 0 aromatic heterocycles. The molecule has 0 radical (unpaired) electrons. The fraction of sp³-hybridized carbons (Fsp3) is 0.0667. The van der Waals surface area contributed by atoms with Crippen molar-refractivity contribution >= 4 is 34.9 Å². The molecular formula is C15H12ClFN2O3. The molecule has 2 rings (SSSR count). The molecule has 22 heavy (non-hydrogen) atoms. The largest absolute Gasteiger partial charge is 0.452 e.